The monoisotopic (exact) mass is 737 g/mol. The lowest BCUT2D eigenvalue weighted by atomic mass is 9.74. The Kier molecular flexibility index (Phi) is 11.8. The number of aliphatic carboxylic acids is 1. The van der Waals surface area contributed by atoms with Crippen LogP contribution in [0.15, 0.2) is 42.5 Å². The first-order valence-electron chi connectivity index (χ1n) is 18.5. The van der Waals surface area contributed by atoms with E-state index in [1.54, 1.807) is 14.0 Å². The Morgan fingerprint density at radius 2 is 1.81 bits per heavy atom. The Morgan fingerprint density at radius 1 is 1.06 bits per heavy atom. The highest BCUT2D eigenvalue weighted by molar-refractivity contribution is 5.91. The maximum absolute atomic E-state index is 14.0. The minimum Gasteiger partial charge on any atom is -0.481 e. The van der Waals surface area contributed by atoms with Crippen LogP contribution in [0.3, 0.4) is 0 Å². The summed E-state index contributed by atoms with van der Waals surface area (Å²) in [6.07, 6.45) is 1.65. The molecule has 2 aliphatic rings. The maximum atomic E-state index is 14.0. The molecule has 1 atom stereocenters. The number of hydrogen-bond acceptors (Lipinski definition) is 9. The lowest BCUT2D eigenvalue weighted by Crippen LogP contribution is -2.52. The second kappa shape index (κ2) is 16.3. The molecule has 0 unspecified atom stereocenters. The smallest absolute Gasteiger partial charge is 0.433 e. The first kappa shape index (κ1) is 38.3. The number of aromatic amines is 1. The molecular weight excluding hydrogens is 687 g/mol. The largest absolute Gasteiger partial charge is 0.481 e. The van der Waals surface area contributed by atoms with Crippen LogP contribution in [0.2, 0.25) is 0 Å². The molecule has 1 aliphatic carbocycles. The zero-order valence-electron chi connectivity index (χ0n) is 31.0. The van der Waals surface area contributed by atoms with Gasteiger partial charge >= 0.3 is 12.1 Å². The molecule has 53 heavy (non-hydrogen) atoms. The van der Waals surface area contributed by atoms with Gasteiger partial charge in [0.15, 0.2) is 5.65 Å². The average molecular weight is 738 g/mol. The fourth-order valence-electron chi connectivity index (χ4n) is 8.01. The summed E-state index contributed by atoms with van der Waals surface area (Å²) in [6.45, 7) is 8.69. The molecule has 0 bridgehead atoms. The van der Waals surface area contributed by atoms with Crippen LogP contribution in [0.25, 0.3) is 33.8 Å². The van der Waals surface area contributed by atoms with E-state index in [2.05, 4.69) is 43.7 Å². The fourth-order valence-corrected chi connectivity index (χ4v) is 8.01. The Labute approximate surface area is 308 Å². The summed E-state index contributed by atoms with van der Waals surface area (Å²) in [5.74, 6) is -0.279. The molecule has 1 aromatic carbocycles. The molecule has 4 heterocycles. The molecule has 1 aliphatic heterocycles. The van der Waals surface area contributed by atoms with Gasteiger partial charge in [-0.3, -0.25) is 9.69 Å². The van der Waals surface area contributed by atoms with E-state index in [0.717, 1.165) is 74.9 Å². The van der Waals surface area contributed by atoms with Crippen molar-refractivity contribution >= 4 is 28.5 Å². The predicted molar refractivity (Wildman–Crippen MR) is 200 cm³/mol. The number of halogens is 3. The van der Waals surface area contributed by atoms with Gasteiger partial charge in [-0.15, -0.1) is 0 Å². The zero-order valence-corrected chi connectivity index (χ0v) is 31.0. The van der Waals surface area contributed by atoms with E-state index in [0.29, 0.717) is 42.3 Å². The van der Waals surface area contributed by atoms with E-state index < -0.39 is 17.8 Å². The number of methoxy groups -OCH3 is 1. The van der Waals surface area contributed by atoms with Gasteiger partial charge in [0.1, 0.15) is 17.0 Å². The molecule has 14 heteroatoms. The van der Waals surface area contributed by atoms with Gasteiger partial charge < -0.3 is 29.4 Å². The fraction of sp³-hybridized carbons (Fsp3) is 0.538. The van der Waals surface area contributed by atoms with Gasteiger partial charge in [0.25, 0.3) is 0 Å². The minimum atomic E-state index is -4.67. The second-order valence-corrected chi connectivity index (χ2v) is 14.6. The Morgan fingerprint density at radius 3 is 2.47 bits per heavy atom. The lowest BCUT2D eigenvalue weighted by Gasteiger charge is -2.41. The third kappa shape index (κ3) is 9.03. The van der Waals surface area contributed by atoms with Crippen molar-refractivity contribution in [2.45, 2.75) is 71.0 Å². The number of carbonyl (C=O) groups is 1. The van der Waals surface area contributed by atoms with Crippen LogP contribution >= 0.6 is 0 Å². The maximum Gasteiger partial charge on any atom is 0.433 e. The van der Waals surface area contributed by atoms with Gasteiger partial charge in [0, 0.05) is 81.1 Å². The highest BCUT2D eigenvalue weighted by Gasteiger charge is 2.36. The quantitative estimate of drug-likeness (QED) is 0.135. The number of carboxylic acids is 1. The molecule has 6 rings (SSSR count). The first-order valence-corrected chi connectivity index (χ1v) is 18.5. The highest BCUT2D eigenvalue weighted by Crippen LogP contribution is 2.41. The molecule has 11 nitrogen and oxygen atoms in total. The number of nitrogens with zero attached hydrogens (tertiary/aromatic N) is 6. The Hall–Kier alpha value is -4.43. The molecule has 0 spiro atoms. The lowest BCUT2D eigenvalue weighted by molar-refractivity contribution is -0.141. The normalized spacial score (nSPS) is 18.0. The highest BCUT2D eigenvalue weighted by atomic mass is 19.4. The summed E-state index contributed by atoms with van der Waals surface area (Å²) < 4.78 is 53.1. The number of hydrogen-bond donors (Lipinski definition) is 2. The van der Waals surface area contributed by atoms with E-state index in [4.69, 9.17) is 24.5 Å². The van der Waals surface area contributed by atoms with Gasteiger partial charge in [-0.2, -0.15) is 13.2 Å². The van der Waals surface area contributed by atoms with Gasteiger partial charge in [-0.1, -0.05) is 19.3 Å². The Bertz CT molecular complexity index is 1850. The summed E-state index contributed by atoms with van der Waals surface area (Å²) in [5.41, 5.74) is 3.27. The average Bonchev–Trinajstić information content (AvgIpc) is 3.56. The van der Waals surface area contributed by atoms with Crippen LogP contribution in [0, 0.1) is 5.41 Å². The summed E-state index contributed by atoms with van der Waals surface area (Å²) in [7, 11) is 3.74. The van der Waals surface area contributed by atoms with Gasteiger partial charge in [-0.25, -0.2) is 15.0 Å². The molecule has 0 radical (unpaired) electrons. The topological polar surface area (TPSA) is 120 Å². The first-order chi connectivity index (χ1) is 25.4. The number of fused-ring (bicyclic) bond motifs is 1. The number of imidazole rings is 1. The molecule has 3 aromatic heterocycles. The number of pyridine rings is 2. The van der Waals surface area contributed by atoms with Crippen molar-refractivity contribution in [1.29, 1.82) is 0 Å². The van der Waals surface area contributed by atoms with E-state index in [1.807, 2.05) is 25.2 Å². The molecule has 2 N–H and O–H groups in total. The molecule has 286 valence electrons. The summed E-state index contributed by atoms with van der Waals surface area (Å²) in [4.78, 5) is 34.7. The number of rotatable bonds is 14. The van der Waals surface area contributed by atoms with Crippen LogP contribution < -0.4 is 14.5 Å². The van der Waals surface area contributed by atoms with Crippen LogP contribution in [0.1, 0.15) is 64.5 Å². The number of benzene rings is 1. The molecule has 1 saturated heterocycles. The van der Waals surface area contributed by atoms with Crippen molar-refractivity contribution in [3.05, 3.63) is 48.2 Å². The van der Waals surface area contributed by atoms with E-state index >= 15 is 0 Å². The molecule has 4 aromatic rings. The summed E-state index contributed by atoms with van der Waals surface area (Å²) >= 11 is 0. The molecular formula is C39H50F3N7O4. The van der Waals surface area contributed by atoms with Crippen molar-refractivity contribution in [1.82, 2.24) is 24.8 Å². The standard InChI is InChI=1S/C39H50F3N7O4/c1-5-53-33-21-28(20-32(44-33)39(40,41)42)30-22-31(47(3)24-38(25-52-4)15-7-6-8-16-38)35-37(43-30)46-36(45-35)27-11-13-29(14-12-27)49-19-18-48(23-26(49)2)17-9-10-34(50)51/h11-14,20-22,26H,5-10,15-19,23-25H2,1-4H3,(H,50,51)(H,43,45,46)/t26-/m1/s1. The van der Waals surface area contributed by atoms with Crippen molar-refractivity contribution in [2.24, 2.45) is 5.41 Å². The van der Waals surface area contributed by atoms with Gasteiger partial charge in [-0.05, 0) is 76.1 Å². The van der Waals surface area contributed by atoms with Crippen LogP contribution in [0.4, 0.5) is 24.5 Å². The molecule has 2 fully saturated rings. The summed E-state index contributed by atoms with van der Waals surface area (Å²) in [5, 5.41) is 8.99. The number of ether oxygens (including phenoxy) is 2. The van der Waals surface area contributed by atoms with Crippen LogP contribution in [0.5, 0.6) is 5.88 Å². The van der Waals surface area contributed by atoms with E-state index in [9.17, 15) is 18.0 Å². The second-order valence-electron chi connectivity index (χ2n) is 14.6. The third-order valence-electron chi connectivity index (χ3n) is 10.5. The van der Waals surface area contributed by atoms with Gasteiger partial charge in [0.05, 0.1) is 24.6 Å². The number of piperazine rings is 1. The number of H-pyrrole nitrogens is 1. The van der Waals surface area contributed by atoms with Crippen LogP contribution in [-0.2, 0) is 15.7 Å². The van der Waals surface area contributed by atoms with Crippen molar-refractivity contribution in [3.8, 4) is 28.5 Å². The van der Waals surface area contributed by atoms with Crippen molar-refractivity contribution < 1.29 is 32.5 Å². The van der Waals surface area contributed by atoms with E-state index in [1.165, 1.54) is 12.5 Å². The summed E-state index contributed by atoms with van der Waals surface area (Å²) in [6, 6.07) is 12.8. The number of anilines is 2. The number of nitrogens with one attached hydrogen (secondary N) is 1. The number of carboxylic acid groups (broad SMARTS) is 1. The minimum absolute atomic E-state index is 0.0560. The van der Waals surface area contributed by atoms with E-state index in [-0.39, 0.29) is 35.9 Å². The van der Waals surface area contributed by atoms with Gasteiger partial charge in [0.2, 0.25) is 5.88 Å². The SMILES string of the molecule is CCOc1cc(-c2cc(N(C)CC3(COC)CCCCC3)c3[nH]c(-c4ccc(N5CCN(CCCC(=O)O)C[C@H]5C)cc4)nc3n2)cc(C(F)(F)F)n1. The van der Waals surface area contributed by atoms with Crippen molar-refractivity contribution in [3.63, 3.8) is 0 Å². The van der Waals surface area contributed by atoms with Crippen molar-refractivity contribution in [2.75, 3.05) is 69.9 Å². The van der Waals surface area contributed by atoms with Crippen LogP contribution in [-0.4, -0.2) is 102 Å². The molecule has 1 saturated carbocycles. The zero-order chi connectivity index (χ0) is 37.8. The number of alkyl halides is 3. The third-order valence-corrected chi connectivity index (χ3v) is 10.5. The predicted octanol–water partition coefficient (Wildman–Crippen LogP) is 7.51. The molecule has 0 amide bonds. The number of aromatic nitrogens is 4. The Balaban J connectivity index is 1.34.